The fourth-order valence-corrected chi connectivity index (χ4v) is 3.72. The number of carboxylic acid groups (broad SMARTS) is 1. The van der Waals surface area contributed by atoms with Gasteiger partial charge in [0, 0.05) is 24.1 Å². The van der Waals surface area contributed by atoms with E-state index in [9.17, 15) is 35.1 Å². The van der Waals surface area contributed by atoms with Gasteiger partial charge in [0.15, 0.2) is 17.3 Å². The van der Waals surface area contributed by atoms with Gasteiger partial charge < -0.3 is 35.1 Å². The maximum absolute atomic E-state index is 12.1. The summed E-state index contributed by atoms with van der Waals surface area (Å²) in [4.78, 5) is 22.3. The summed E-state index contributed by atoms with van der Waals surface area (Å²) in [6.07, 6.45) is 11.5. The summed E-state index contributed by atoms with van der Waals surface area (Å²) >= 11 is 0. The maximum Gasteiger partial charge on any atom is 0.303 e. The molecule has 36 heavy (non-hydrogen) atoms. The first-order valence-corrected chi connectivity index (χ1v) is 12.1. The molecule has 3 rings (SSSR count). The first-order chi connectivity index (χ1) is 17.1. The number of unbranched alkanes of at least 4 members (excludes halogenated alkanes) is 8. The van der Waals surface area contributed by atoms with Crippen LogP contribution in [0.4, 0.5) is 0 Å². The fourth-order valence-electron chi connectivity index (χ4n) is 3.72. The molecule has 0 spiro atoms. The van der Waals surface area contributed by atoms with E-state index in [4.69, 9.17) is 9.52 Å². The molecule has 0 unspecified atom stereocenters. The van der Waals surface area contributed by atoms with Crippen LogP contribution in [0.1, 0.15) is 71.1 Å². The van der Waals surface area contributed by atoms with Crippen molar-refractivity contribution in [3.05, 3.63) is 40.6 Å². The number of hydrogen-bond donors (Lipinski definition) is 6. The standard InChI is InChI=1S/C15H10O7.C12H24O2/c16-7-4-10(19)12-11(5-7)22-15(14(21)13(12)20)6-1-2-8(17)9(18)3-6;1-2-3-4-5-6-7-8-9-10-11-12(13)14/h1-5,16-19,21H;2-11H2,1H3,(H,13,14). The van der Waals surface area contributed by atoms with Crippen molar-refractivity contribution in [3.63, 3.8) is 0 Å². The Hall–Kier alpha value is -3.88. The minimum absolute atomic E-state index is 0.134. The predicted molar refractivity (Wildman–Crippen MR) is 136 cm³/mol. The molecule has 0 aliphatic carbocycles. The molecule has 6 N–H and O–H groups in total. The molecule has 0 saturated heterocycles. The second kappa shape index (κ2) is 13.9. The number of hydrogen-bond acceptors (Lipinski definition) is 8. The number of aliphatic carboxylic acids is 1. The first kappa shape index (κ1) is 28.4. The summed E-state index contributed by atoms with van der Waals surface area (Å²) in [6, 6.07) is 5.64. The normalized spacial score (nSPS) is 10.7. The molecule has 0 bridgehead atoms. The average Bonchev–Trinajstić information content (AvgIpc) is 2.82. The van der Waals surface area contributed by atoms with Gasteiger partial charge in [-0.05, 0) is 24.6 Å². The van der Waals surface area contributed by atoms with Gasteiger partial charge in [0.05, 0.1) is 0 Å². The van der Waals surface area contributed by atoms with Crippen LogP contribution < -0.4 is 5.43 Å². The summed E-state index contributed by atoms with van der Waals surface area (Å²) in [5.41, 5.74) is -0.890. The molecule has 196 valence electrons. The Bertz CT molecular complexity index is 1210. The Morgan fingerprint density at radius 2 is 1.39 bits per heavy atom. The maximum atomic E-state index is 12.1. The van der Waals surface area contributed by atoms with E-state index in [1.807, 2.05) is 0 Å². The molecule has 1 aromatic heterocycles. The van der Waals surface area contributed by atoms with Gasteiger partial charge >= 0.3 is 5.97 Å². The second-order valence-electron chi connectivity index (χ2n) is 8.62. The van der Waals surface area contributed by atoms with Crippen molar-refractivity contribution in [1.82, 2.24) is 0 Å². The minimum atomic E-state index is -0.888. The van der Waals surface area contributed by atoms with Crippen molar-refractivity contribution >= 4 is 16.9 Å². The van der Waals surface area contributed by atoms with Crippen LogP contribution >= 0.6 is 0 Å². The van der Waals surface area contributed by atoms with Gasteiger partial charge in [0.2, 0.25) is 11.2 Å². The highest BCUT2D eigenvalue weighted by molar-refractivity contribution is 5.88. The van der Waals surface area contributed by atoms with E-state index < -0.39 is 28.6 Å². The largest absolute Gasteiger partial charge is 0.508 e. The van der Waals surface area contributed by atoms with Gasteiger partial charge in [-0.15, -0.1) is 0 Å². The zero-order valence-electron chi connectivity index (χ0n) is 20.4. The molecule has 0 fully saturated rings. The molecular formula is C27H34O9. The van der Waals surface area contributed by atoms with Crippen LogP contribution in [-0.2, 0) is 4.79 Å². The molecule has 1 heterocycles. The lowest BCUT2D eigenvalue weighted by Gasteiger charge is -2.08. The Morgan fingerprint density at radius 3 is 1.97 bits per heavy atom. The third-order valence-corrected chi connectivity index (χ3v) is 5.67. The lowest BCUT2D eigenvalue weighted by Crippen LogP contribution is -2.02. The van der Waals surface area contributed by atoms with Crippen molar-refractivity contribution in [1.29, 1.82) is 0 Å². The van der Waals surface area contributed by atoms with Crippen molar-refractivity contribution in [3.8, 4) is 40.1 Å². The summed E-state index contributed by atoms with van der Waals surface area (Å²) in [5, 5.41) is 56.0. The van der Waals surface area contributed by atoms with Crippen molar-refractivity contribution in [2.75, 3.05) is 0 Å². The van der Waals surface area contributed by atoms with Gasteiger partial charge in [-0.2, -0.15) is 0 Å². The zero-order valence-corrected chi connectivity index (χ0v) is 20.4. The number of phenols is 4. The van der Waals surface area contributed by atoms with Gasteiger partial charge in [0.1, 0.15) is 22.5 Å². The van der Waals surface area contributed by atoms with E-state index in [1.165, 1.54) is 51.0 Å². The zero-order chi connectivity index (χ0) is 26.7. The molecule has 0 amide bonds. The number of benzene rings is 2. The van der Waals surface area contributed by atoms with E-state index in [2.05, 4.69) is 6.92 Å². The Labute approximate surface area is 208 Å². The van der Waals surface area contributed by atoms with Crippen LogP contribution in [0.5, 0.6) is 28.7 Å². The average molecular weight is 503 g/mol. The van der Waals surface area contributed by atoms with E-state index in [0.29, 0.717) is 6.42 Å². The van der Waals surface area contributed by atoms with Gasteiger partial charge in [-0.3, -0.25) is 9.59 Å². The predicted octanol–water partition coefficient (Wildman–Crippen LogP) is 5.98. The molecule has 9 heteroatoms. The van der Waals surface area contributed by atoms with Crippen LogP contribution in [0.25, 0.3) is 22.3 Å². The van der Waals surface area contributed by atoms with Crippen LogP contribution in [0.15, 0.2) is 39.5 Å². The molecule has 0 aliphatic rings. The Balaban J connectivity index is 0.000000284. The number of phenolic OH excluding ortho intramolecular Hbond substituents is 4. The van der Waals surface area contributed by atoms with Crippen molar-refractivity contribution in [2.45, 2.75) is 71.1 Å². The minimum Gasteiger partial charge on any atom is -0.508 e. The molecule has 2 aromatic carbocycles. The monoisotopic (exact) mass is 502 g/mol. The quantitative estimate of drug-likeness (QED) is 0.136. The lowest BCUT2D eigenvalue weighted by molar-refractivity contribution is -0.137. The third kappa shape index (κ3) is 8.11. The molecular weight excluding hydrogens is 468 g/mol. The van der Waals surface area contributed by atoms with Crippen LogP contribution in [-0.4, -0.2) is 36.6 Å². The SMILES string of the molecule is CCCCCCCCCCCC(=O)O.O=c1c(O)c(-c2ccc(O)c(O)c2)oc2cc(O)cc(O)c12. The molecule has 0 aliphatic heterocycles. The van der Waals surface area contributed by atoms with Gasteiger partial charge in [-0.1, -0.05) is 58.3 Å². The van der Waals surface area contributed by atoms with Crippen molar-refractivity contribution < 1.29 is 39.9 Å². The molecule has 0 radical (unpaired) electrons. The Morgan fingerprint density at radius 1 is 0.778 bits per heavy atom. The number of aromatic hydroxyl groups is 5. The van der Waals surface area contributed by atoms with E-state index in [0.717, 1.165) is 37.1 Å². The smallest absolute Gasteiger partial charge is 0.303 e. The van der Waals surface area contributed by atoms with Crippen LogP contribution in [0, 0.1) is 0 Å². The highest BCUT2D eigenvalue weighted by Crippen LogP contribution is 2.37. The van der Waals surface area contributed by atoms with Crippen LogP contribution in [0.2, 0.25) is 0 Å². The Kier molecular flexibility index (Phi) is 10.9. The molecule has 3 aromatic rings. The van der Waals surface area contributed by atoms with Gasteiger partial charge in [0.25, 0.3) is 0 Å². The third-order valence-electron chi connectivity index (χ3n) is 5.67. The summed E-state index contributed by atoms with van der Waals surface area (Å²) in [6.45, 7) is 2.23. The summed E-state index contributed by atoms with van der Waals surface area (Å²) in [5.74, 6) is -3.37. The topological polar surface area (TPSA) is 169 Å². The summed E-state index contributed by atoms with van der Waals surface area (Å²) < 4.78 is 5.35. The number of carboxylic acids is 1. The van der Waals surface area contributed by atoms with Crippen LogP contribution in [0.3, 0.4) is 0 Å². The summed E-state index contributed by atoms with van der Waals surface area (Å²) in [7, 11) is 0. The highest BCUT2D eigenvalue weighted by atomic mass is 16.4. The fraction of sp³-hybridized carbons (Fsp3) is 0.407. The second-order valence-corrected chi connectivity index (χ2v) is 8.62. The number of rotatable bonds is 11. The lowest BCUT2D eigenvalue weighted by atomic mass is 10.1. The van der Waals surface area contributed by atoms with Gasteiger partial charge in [-0.25, -0.2) is 0 Å². The first-order valence-electron chi connectivity index (χ1n) is 12.1. The molecule has 0 saturated carbocycles. The highest BCUT2D eigenvalue weighted by Gasteiger charge is 2.19. The van der Waals surface area contributed by atoms with E-state index in [-0.39, 0.29) is 33.8 Å². The molecule has 0 atom stereocenters. The van der Waals surface area contributed by atoms with Crippen molar-refractivity contribution in [2.24, 2.45) is 0 Å². The van der Waals surface area contributed by atoms with E-state index >= 15 is 0 Å². The number of carbonyl (C=O) groups is 1. The number of fused-ring (bicyclic) bond motifs is 1. The van der Waals surface area contributed by atoms with E-state index in [1.54, 1.807) is 0 Å². The molecule has 9 nitrogen and oxygen atoms in total.